The summed E-state index contributed by atoms with van der Waals surface area (Å²) in [4.78, 5) is 7.36. The lowest BCUT2D eigenvalue weighted by Gasteiger charge is -2.35. The molecule has 0 unspecified atom stereocenters. The van der Waals surface area contributed by atoms with E-state index in [-0.39, 0.29) is 0 Å². The minimum absolute atomic E-state index is 0.314. The van der Waals surface area contributed by atoms with Gasteiger partial charge in [0.05, 0.1) is 23.6 Å². The fourth-order valence-corrected chi connectivity index (χ4v) is 5.28. The summed E-state index contributed by atoms with van der Waals surface area (Å²) in [6, 6.07) is 2.25. The number of aromatic nitrogens is 2. The van der Waals surface area contributed by atoms with E-state index in [4.69, 9.17) is 9.15 Å². The van der Waals surface area contributed by atoms with Crippen molar-refractivity contribution in [3.8, 4) is 10.8 Å². The number of rotatable bonds is 6. The third-order valence-corrected chi connectivity index (χ3v) is 6.60. The van der Waals surface area contributed by atoms with Gasteiger partial charge in [-0.25, -0.2) is 0 Å². The van der Waals surface area contributed by atoms with E-state index in [0.29, 0.717) is 30.5 Å². The van der Waals surface area contributed by atoms with Gasteiger partial charge >= 0.3 is 0 Å². The molecule has 4 rings (SSSR count). The van der Waals surface area contributed by atoms with Crippen molar-refractivity contribution in [1.82, 2.24) is 20.0 Å². The van der Waals surface area contributed by atoms with E-state index in [1.54, 1.807) is 0 Å². The lowest BCUT2D eigenvalue weighted by Crippen LogP contribution is -2.47. The van der Waals surface area contributed by atoms with Gasteiger partial charge in [-0.1, -0.05) is 0 Å². The number of ether oxygens (including phenoxy) is 1. The van der Waals surface area contributed by atoms with E-state index in [2.05, 4.69) is 47.0 Å². The minimum Gasteiger partial charge on any atom is -0.419 e. The molecule has 1 saturated heterocycles. The van der Waals surface area contributed by atoms with Gasteiger partial charge in [0.15, 0.2) is 0 Å². The highest BCUT2D eigenvalue weighted by molar-refractivity contribution is 7.15. The van der Waals surface area contributed by atoms with E-state index in [9.17, 15) is 0 Å². The second-order valence-electron chi connectivity index (χ2n) is 8.02. The smallest absolute Gasteiger partial charge is 0.257 e. The average molecular weight is 391 g/mol. The topological polar surface area (TPSA) is 54.6 Å². The van der Waals surface area contributed by atoms with Gasteiger partial charge in [-0.3, -0.25) is 9.80 Å². The van der Waals surface area contributed by atoms with Crippen LogP contribution in [-0.4, -0.2) is 65.4 Å². The first-order valence-corrected chi connectivity index (χ1v) is 10.9. The van der Waals surface area contributed by atoms with Gasteiger partial charge in [0.1, 0.15) is 0 Å². The summed E-state index contributed by atoms with van der Waals surface area (Å²) in [6.07, 6.45) is 5.61. The Morgan fingerprint density at radius 1 is 1.19 bits per heavy atom. The summed E-state index contributed by atoms with van der Waals surface area (Å²) in [5, 5.41) is 8.57. The first-order chi connectivity index (χ1) is 13.1. The number of hydrogen-bond acceptors (Lipinski definition) is 7. The maximum absolute atomic E-state index is 5.96. The van der Waals surface area contributed by atoms with Crippen LogP contribution in [0.25, 0.3) is 10.8 Å². The molecule has 0 bridgehead atoms. The van der Waals surface area contributed by atoms with Gasteiger partial charge in [0.2, 0.25) is 5.89 Å². The fraction of sp³-hybridized carbons (Fsp3) is 0.700. The van der Waals surface area contributed by atoms with Crippen LogP contribution < -0.4 is 0 Å². The summed E-state index contributed by atoms with van der Waals surface area (Å²) < 4.78 is 11.8. The van der Waals surface area contributed by atoms with Crippen molar-refractivity contribution >= 4 is 11.3 Å². The summed E-state index contributed by atoms with van der Waals surface area (Å²) >= 11 is 1.82. The number of likely N-dealkylation sites (N-methyl/N-ethyl adjacent to an activating group) is 1. The first-order valence-electron chi connectivity index (χ1n) is 10.1. The summed E-state index contributed by atoms with van der Waals surface area (Å²) in [5.41, 5.74) is 1.48. The largest absolute Gasteiger partial charge is 0.419 e. The van der Waals surface area contributed by atoms with Crippen LogP contribution >= 0.6 is 11.3 Å². The molecule has 0 amide bonds. The molecule has 3 heterocycles. The molecule has 0 N–H and O–H groups in total. The number of fused-ring (bicyclic) bond motifs is 1. The van der Waals surface area contributed by atoms with Gasteiger partial charge < -0.3 is 9.15 Å². The van der Waals surface area contributed by atoms with Crippen LogP contribution in [0.1, 0.15) is 43.0 Å². The van der Waals surface area contributed by atoms with Crippen molar-refractivity contribution in [2.24, 2.45) is 0 Å². The molecule has 0 spiro atoms. The number of aryl methyl sites for hydroxylation is 2. The predicted molar refractivity (Wildman–Crippen MR) is 107 cm³/mol. The molecular formula is C20H30N4O2S. The Hall–Kier alpha value is -1.28. The lowest BCUT2D eigenvalue weighted by atomic mass is 9.99. The third kappa shape index (κ3) is 4.77. The Kier molecular flexibility index (Phi) is 5.92. The van der Waals surface area contributed by atoms with E-state index >= 15 is 0 Å². The summed E-state index contributed by atoms with van der Waals surface area (Å²) in [6.45, 7) is 9.01. The van der Waals surface area contributed by atoms with Gasteiger partial charge in [-0.05, 0) is 58.2 Å². The van der Waals surface area contributed by atoms with Crippen LogP contribution in [0.3, 0.4) is 0 Å². The molecule has 1 aliphatic carbocycles. The highest BCUT2D eigenvalue weighted by atomic mass is 32.1. The highest BCUT2D eigenvalue weighted by Crippen LogP contribution is 2.35. The van der Waals surface area contributed by atoms with Crippen molar-refractivity contribution in [3.63, 3.8) is 0 Å². The third-order valence-electron chi connectivity index (χ3n) is 5.37. The van der Waals surface area contributed by atoms with Crippen molar-refractivity contribution in [3.05, 3.63) is 22.4 Å². The lowest BCUT2D eigenvalue weighted by molar-refractivity contribution is -0.0691. The zero-order valence-electron chi connectivity index (χ0n) is 16.6. The van der Waals surface area contributed by atoms with Crippen LogP contribution in [0.15, 0.2) is 10.5 Å². The van der Waals surface area contributed by atoms with Crippen molar-refractivity contribution in [2.45, 2.75) is 58.3 Å². The van der Waals surface area contributed by atoms with Gasteiger partial charge in [-0.15, -0.1) is 21.5 Å². The second-order valence-corrected chi connectivity index (χ2v) is 9.16. The zero-order chi connectivity index (χ0) is 18.8. The Balaban J connectivity index is 1.30. The van der Waals surface area contributed by atoms with Crippen molar-refractivity contribution < 1.29 is 9.15 Å². The Bertz CT molecular complexity index is 726. The Morgan fingerprint density at radius 3 is 2.74 bits per heavy atom. The molecule has 27 heavy (non-hydrogen) atoms. The van der Waals surface area contributed by atoms with E-state index < -0.39 is 0 Å². The van der Waals surface area contributed by atoms with Crippen LogP contribution in [0, 0.1) is 0 Å². The molecule has 0 radical (unpaired) electrons. The maximum atomic E-state index is 5.96. The highest BCUT2D eigenvalue weighted by Gasteiger charge is 2.22. The van der Waals surface area contributed by atoms with Crippen molar-refractivity contribution in [2.75, 3.05) is 33.2 Å². The SMILES string of the molecule is C[C@@H]1CN(CCN(C)Cc2nnc(-c3cc4c(s3)CCCC4)o2)C[C@H](C)O1. The molecule has 0 aromatic carbocycles. The number of morpholine rings is 1. The number of thiophene rings is 1. The summed E-state index contributed by atoms with van der Waals surface area (Å²) in [5.74, 6) is 1.37. The molecule has 2 aromatic rings. The van der Waals surface area contributed by atoms with Crippen LogP contribution in [0.5, 0.6) is 0 Å². The Labute approximate surface area is 165 Å². The van der Waals surface area contributed by atoms with E-state index in [1.165, 1.54) is 36.1 Å². The molecule has 1 aliphatic heterocycles. The normalized spacial score (nSPS) is 23.7. The predicted octanol–water partition coefficient (Wildman–Crippen LogP) is 3.22. The van der Waals surface area contributed by atoms with Crippen LogP contribution in [0.2, 0.25) is 0 Å². The van der Waals surface area contributed by atoms with Crippen LogP contribution in [-0.2, 0) is 24.1 Å². The Morgan fingerprint density at radius 2 is 1.96 bits per heavy atom. The molecule has 0 saturated carbocycles. The van der Waals surface area contributed by atoms with Crippen LogP contribution in [0.4, 0.5) is 0 Å². The van der Waals surface area contributed by atoms with Gasteiger partial charge in [0.25, 0.3) is 5.89 Å². The minimum atomic E-state index is 0.314. The van der Waals surface area contributed by atoms with E-state index in [1.807, 2.05) is 11.3 Å². The monoisotopic (exact) mass is 390 g/mol. The quantitative estimate of drug-likeness (QED) is 0.755. The average Bonchev–Trinajstić information content (AvgIpc) is 3.25. The molecule has 7 heteroatoms. The molecule has 1 fully saturated rings. The van der Waals surface area contributed by atoms with Gasteiger partial charge in [-0.2, -0.15) is 0 Å². The second kappa shape index (κ2) is 8.39. The zero-order valence-corrected chi connectivity index (χ0v) is 17.4. The van der Waals surface area contributed by atoms with E-state index in [0.717, 1.165) is 31.1 Å². The molecular weight excluding hydrogens is 360 g/mol. The van der Waals surface area contributed by atoms with Gasteiger partial charge in [0, 0.05) is 31.1 Å². The standard InChI is InChI=1S/C20H30N4O2S/c1-14-11-24(12-15(2)25-14)9-8-23(3)13-19-21-22-20(26-19)18-10-16-6-4-5-7-17(16)27-18/h10,14-15H,4-9,11-13H2,1-3H3/t14-,15+. The summed E-state index contributed by atoms with van der Waals surface area (Å²) in [7, 11) is 2.11. The number of nitrogens with zero attached hydrogens (tertiary/aromatic N) is 4. The first kappa shape index (κ1) is 19.1. The fourth-order valence-electron chi connectivity index (χ4n) is 4.10. The molecule has 2 atom stereocenters. The molecule has 2 aliphatic rings. The number of hydrogen-bond donors (Lipinski definition) is 0. The van der Waals surface area contributed by atoms with Crippen molar-refractivity contribution in [1.29, 1.82) is 0 Å². The maximum Gasteiger partial charge on any atom is 0.257 e. The molecule has 6 nitrogen and oxygen atoms in total. The molecule has 148 valence electrons. The molecule has 2 aromatic heterocycles.